The SMILES string of the molecule is c1ccc(-c2nc(-c3ccccc3)nc(-c3cccc(-c4ccc5c(c4)-c4c(-c6cccc(-c7nc(-c8ccccc8)nc(-c8ccccc8)n7)c6)cccc4C54C5CC6CC(C5)CC4C6)c3)n2)cc1. The van der Waals surface area contributed by atoms with Crippen LogP contribution < -0.4 is 0 Å². The minimum atomic E-state index is 0.00201. The maximum Gasteiger partial charge on any atom is 0.164 e. The highest BCUT2D eigenvalue weighted by Crippen LogP contribution is 2.70. The van der Waals surface area contributed by atoms with E-state index in [1.54, 1.807) is 0 Å². The average molecular weight is 901 g/mol. The van der Waals surface area contributed by atoms with Gasteiger partial charge in [0.25, 0.3) is 0 Å². The number of nitrogens with zero attached hydrogens (tertiary/aromatic N) is 6. The molecule has 0 radical (unpaired) electrons. The first-order valence-corrected chi connectivity index (χ1v) is 24.9. The van der Waals surface area contributed by atoms with Crippen LogP contribution in [0.1, 0.15) is 43.2 Å². The third-order valence-electron chi connectivity index (χ3n) is 16.0. The first-order valence-electron chi connectivity index (χ1n) is 24.9. The van der Waals surface area contributed by atoms with Crippen LogP contribution in [0.15, 0.2) is 206 Å². The summed E-state index contributed by atoms with van der Waals surface area (Å²) in [7, 11) is 0. The smallest absolute Gasteiger partial charge is 0.164 e. The van der Waals surface area contributed by atoms with Gasteiger partial charge in [0.1, 0.15) is 0 Å². The molecule has 2 aromatic heterocycles. The van der Waals surface area contributed by atoms with Gasteiger partial charge in [0.05, 0.1) is 0 Å². The van der Waals surface area contributed by atoms with Crippen LogP contribution in [-0.4, -0.2) is 29.9 Å². The molecule has 8 aromatic carbocycles. The minimum Gasteiger partial charge on any atom is -0.208 e. The lowest BCUT2D eigenvalue weighted by Crippen LogP contribution is -2.55. The van der Waals surface area contributed by atoms with Crippen molar-refractivity contribution in [2.24, 2.45) is 23.7 Å². The normalized spacial score (nSPS) is 20.3. The summed E-state index contributed by atoms with van der Waals surface area (Å²) in [5, 5.41) is 0. The molecule has 4 fully saturated rings. The van der Waals surface area contributed by atoms with E-state index in [2.05, 4.69) is 133 Å². The predicted octanol–water partition coefficient (Wildman–Crippen LogP) is 15.1. The first-order chi connectivity index (χ1) is 34.6. The molecule has 10 aromatic rings. The zero-order chi connectivity index (χ0) is 46.2. The number of rotatable bonds is 8. The van der Waals surface area contributed by atoms with Crippen LogP contribution in [0.2, 0.25) is 0 Å². The van der Waals surface area contributed by atoms with Crippen molar-refractivity contribution in [3.63, 3.8) is 0 Å². The van der Waals surface area contributed by atoms with Crippen molar-refractivity contribution in [2.45, 2.75) is 37.5 Å². The molecule has 4 bridgehead atoms. The average Bonchev–Trinajstić information content (AvgIpc) is 3.73. The molecule has 5 aliphatic carbocycles. The Labute approximate surface area is 408 Å². The molecule has 334 valence electrons. The quantitative estimate of drug-likeness (QED) is 0.151. The van der Waals surface area contributed by atoms with Gasteiger partial charge in [-0.2, -0.15) is 0 Å². The van der Waals surface area contributed by atoms with Gasteiger partial charge in [-0.05, 0) is 118 Å². The second kappa shape index (κ2) is 16.5. The largest absolute Gasteiger partial charge is 0.208 e. The summed E-state index contributed by atoms with van der Waals surface area (Å²) >= 11 is 0. The van der Waals surface area contributed by atoms with Gasteiger partial charge in [-0.15, -0.1) is 0 Å². The fourth-order valence-electron chi connectivity index (χ4n) is 13.2. The van der Waals surface area contributed by atoms with Gasteiger partial charge >= 0.3 is 0 Å². The molecule has 0 N–H and O–H groups in total. The summed E-state index contributed by atoms with van der Waals surface area (Å²) in [6, 6.07) is 73.1. The maximum absolute atomic E-state index is 5.14. The summed E-state index contributed by atoms with van der Waals surface area (Å²) in [6.07, 6.45) is 6.71. The second-order valence-electron chi connectivity index (χ2n) is 19.9. The lowest BCUT2D eigenvalue weighted by Gasteiger charge is -2.61. The van der Waals surface area contributed by atoms with Crippen LogP contribution in [0.3, 0.4) is 0 Å². The fourth-order valence-corrected chi connectivity index (χ4v) is 13.2. The second-order valence-corrected chi connectivity index (χ2v) is 19.9. The van der Waals surface area contributed by atoms with Crippen LogP contribution >= 0.6 is 0 Å². The molecule has 0 amide bonds. The van der Waals surface area contributed by atoms with Crippen molar-refractivity contribution in [3.8, 4) is 102 Å². The molecule has 15 rings (SSSR count). The lowest BCUT2D eigenvalue weighted by molar-refractivity contribution is -0.0399. The van der Waals surface area contributed by atoms with Crippen molar-refractivity contribution >= 4 is 0 Å². The Hall–Kier alpha value is -8.22. The van der Waals surface area contributed by atoms with E-state index < -0.39 is 0 Å². The summed E-state index contributed by atoms with van der Waals surface area (Å²) in [5.41, 5.74) is 16.3. The molecule has 0 unspecified atom stereocenters. The standard InChI is InChI=1S/C64H48N6/c1-5-16-42(17-6-1)58-65-59(43-18-7-2-8-19-43)68-62(67-58)49-26-13-24-46(37-49)47-30-31-55-54(39-47)57-53(28-15-29-56(57)64(55)51-33-40-32-41(35-51)36-52(64)34-40)48-25-14-27-50(38-48)63-69-60(44-20-9-3-10-21-44)66-61(70-63)45-22-11-4-12-23-45/h1-31,37-41,51-52H,32-36H2. The number of hydrogen-bond acceptors (Lipinski definition) is 6. The van der Waals surface area contributed by atoms with E-state index in [-0.39, 0.29) is 5.41 Å². The van der Waals surface area contributed by atoms with Crippen LogP contribution in [0.4, 0.5) is 0 Å². The molecule has 6 nitrogen and oxygen atoms in total. The Morgan fingerprint density at radius 1 is 0.271 bits per heavy atom. The highest BCUT2D eigenvalue weighted by Gasteiger charge is 2.61. The zero-order valence-electron chi connectivity index (χ0n) is 38.7. The van der Waals surface area contributed by atoms with Gasteiger partial charge in [0, 0.05) is 38.8 Å². The molecule has 5 aliphatic rings. The third-order valence-corrected chi connectivity index (χ3v) is 16.0. The van der Waals surface area contributed by atoms with Crippen molar-refractivity contribution in [1.29, 1.82) is 0 Å². The van der Waals surface area contributed by atoms with Gasteiger partial charge in [0.2, 0.25) is 0 Å². The minimum absolute atomic E-state index is 0.00201. The Bertz CT molecular complexity index is 3470. The first kappa shape index (κ1) is 40.8. The van der Waals surface area contributed by atoms with Gasteiger partial charge in [-0.3, -0.25) is 0 Å². The highest BCUT2D eigenvalue weighted by molar-refractivity contribution is 5.95. The van der Waals surface area contributed by atoms with Crippen LogP contribution in [-0.2, 0) is 5.41 Å². The highest BCUT2D eigenvalue weighted by atomic mass is 15.0. The van der Waals surface area contributed by atoms with Gasteiger partial charge in [-0.25, -0.2) is 29.9 Å². The number of fused-ring (bicyclic) bond motifs is 3. The van der Waals surface area contributed by atoms with Gasteiger partial charge in [0.15, 0.2) is 34.9 Å². The lowest BCUT2D eigenvalue weighted by atomic mass is 9.43. The molecular weight excluding hydrogens is 853 g/mol. The predicted molar refractivity (Wildman–Crippen MR) is 280 cm³/mol. The Balaban J connectivity index is 0.914. The van der Waals surface area contributed by atoms with Gasteiger partial charge in [-0.1, -0.05) is 188 Å². The summed E-state index contributed by atoms with van der Waals surface area (Å²) in [4.78, 5) is 30.4. The number of aromatic nitrogens is 6. The van der Waals surface area contributed by atoms with E-state index in [0.717, 1.165) is 56.3 Å². The van der Waals surface area contributed by atoms with Gasteiger partial charge < -0.3 is 0 Å². The van der Waals surface area contributed by atoms with Crippen molar-refractivity contribution in [3.05, 3.63) is 217 Å². The number of benzene rings is 8. The summed E-state index contributed by atoms with van der Waals surface area (Å²) < 4.78 is 0. The molecule has 0 aliphatic heterocycles. The Kier molecular flexibility index (Phi) is 9.61. The molecule has 1 spiro atoms. The fraction of sp³-hybridized carbons (Fsp3) is 0.156. The van der Waals surface area contributed by atoms with E-state index >= 15 is 0 Å². The summed E-state index contributed by atoms with van der Waals surface area (Å²) in [6.45, 7) is 0. The Morgan fingerprint density at radius 3 is 1.11 bits per heavy atom. The van der Waals surface area contributed by atoms with E-state index in [4.69, 9.17) is 29.9 Å². The Morgan fingerprint density at radius 2 is 0.643 bits per heavy atom. The van der Waals surface area contributed by atoms with Crippen molar-refractivity contribution in [1.82, 2.24) is 29.9 Å². The molecule has 6 heteroatoms. The molecule has 70 heavy (non-hydrogen) atoms. The molecular formula is C64H48N6. The van der Waals surface area contributed by atoms with Crippen molar-refractivity contribution < 1.29 is 0 Å². The molecule has 2 heterocycles. The van der Waals surface area contributed by atoms with E-state index in [1.807, 2.05) is 72.8 Å². The molecule has 0 atom stereocenters. The topological polar surface area (TPSA) is 77.3 Å². The third kappa shape index (κ3) is 6.76. The monoisotopic (exact) mass is 900 g/mol. The summed E-state index contributed by atoms with van der Waals surface area (Å²) in [5.74, 6) is 6.93. The van der Waals surface area contributed by atoms with E-state index in [0.29, 0.717) is 46.8 Å². The molecule has 4 saturated carbocycles. The van der Waals surface area contributed by atoms with Crippen molar-refractivity contribution in [2.75, 3.05) is 0 Å². The molecule has 0 saturated heterocycles. The van der Waals surface area contributed by atoms with Crippen LogP contribution in [0, 0.1) is 23.7 Å². The number of hydrogen-bond donors (Lipinski definition) is 0. The van der Waals surface area contributed by atoms with E-state index in [1.165, 1.54) is 65.5 Å². The van der Waals surface area contributed by atoms with E-state index in [9.17, 15) is 0 Å². The zero-order valence-corrected chi connectivity index (χ0v) is 38.7. The van der Waals surface area contributed by atoms with Crippen LogP contribution in [0.25, 0.3) is 102 Å². The maximum atomic E-state index is 5.14. The van der Waals surface area contributed by atoms with Crippen LogP contribution in [0.5, 0.6) is 0 Å².